The molecule has 0 amide bonds. The first kappa shape index (κ1) is 36.9. The van der Waals surface area contributed by atoms with Crippen LogP contribution in [0, 0.1) is 0 Å². The Morgan fingerprint density at radius 1 is 0.381 bits per heavy atom. The van der Waals surface area contributed by atoms with Gasteiger partial charge in [0.25, 0.3) is 0 Å². The van der Waals surface area contributed by atoms with Crippen LogP contribution >= 0.6 is 0 Å². The first-order chi connectivity index (χ1) is 31.0. The van der Waals surface area contributed by atoms with Crippen LogP contribution in [0.3, 0.4) is 0 Å². The monoisotopic (exact) mass is 804 g/mol. The Morgan fingerprint density at radius 3 is 1.81 bits per heavy atom. The molecule has 12 rings (SSSR count). The van der Waals surface area contributed by atoms with Gasteiger partial charge in [0.15, 0.2) is 0 Å². The largest absolute Gasteiger partial charge is 0.310 e. The SMILES string of the molecule is CC1(C)c2ccccc2-c2cccc(-c3cccc(N(c4ccc5c6ccccc6n(-c6ccccc6)c5c4)c4ccccc4-c4cccc5cccc(-c6ccccc6)c45)c3)c21. The van der Waals surface area contributed by atoms with E-state index >= 15 is 0 Å². The van der Waals surface area contributed by atoms with Crippen LogP contribution in [-0.2, 0) is 5.41 Å². The van der Waals surface area contributed by atoms with Crippen molar-refractivity contribution >= 4 is 49.6 Å². The number of hydrogen-bond acceptors (Lipinski definition) is 1. The molecule has 2 heteroatoms. The molecule has 0 aliphatic heterocycles. The predicted octanol–water partition coefficient (Wildman–Crippen LogP) is 16.7. The number of fused-ring (bicyclic) bond motifs is 7. The summed E-state index contributed by atoms with van der Waals surface area (Å²) in [7, 11) is 0. The molecular formula is C61H44N2. The highest BCUT2D eigenvalue weighted by Gasteiger charge is 2.37. The van der Waals surface area contributed by atoms with Gasteiger partial charge in [0, 0.05) is 38.8 Å². The van der Waals surface area contributed by atoms with Crippen LogP contribution in [0.15, 0.2) is 231 Å². The lowest BCUT2D eigenvalue weighted by atomic mass is 9.79. The smallest absolute Gasteiger partial charge is 0.0561 e. The van der Waals surface area contributed by atoms with E-state index in [0.29, 0.717) is 0 Å². The van der Waals surface area contributed by atoms with E-state index < -0.39 is 0 Å². The Morgan fingerprint density at radius 2 is 0.968 bits per heavy atom. The van der Waals surface area contributed by atoms with E-state index in [1.54, 1.807) is 0 Å². The lowest BCUT2D eigenvalue weighted by Crippen LogP contribution is -2.16. The summed E-state index contributed by atoms with van der Waals surface area (Å²) in [6, 6.07) is 84.7. The normalized spacial score (nSPS) is 12.7. The van der Waals surface area contributed by atoms with Gasteiger partial charge in [-0.2, -0.15) is 0 Å². The van der Waals surface area contributed by atoms with Gasteiger partial charge in [0.2, 0.25) is 0 Å². The summed E-state index contributed by atoms with van der Waals surface area (Å²) < 4.78 is 2.42. The Labute approximate surface area is 368 Å². The zero-order chi connectivity index (χ0) is 42.1. The summed E-state index contributed by atoms with van der Waals surface area (Å²) in [6.45, 7) is 4.75. The minimum Gasteiger partial charge on any atom is -0.310 e. The minimum atomic E-state index is -0.147. The highest BCUT2D eigenvalue weighted by molar-refractivity contribution is 6.12. The number of aromatic nitrogens is 1. The summed E-state index contributed by atoms with van der Waals surface area (Å²) in [5.74, 6) is 0. The number of nitrogens with zero attached hydrogens (tertiary/aromatic N) is 2. The molecule has 0 unspecified atom stereocenters. The molecule has 0 N–H and O–H groups in total. The van der Waals surface area contributed by atoms with Crippen LogP contribution in [0.1, 0.15) is 25.0 Å². The molecule has 0 radical (unpaired) electrons. The summed E-state index contributed by atoms with van der Waals surface area (Å²) in [4.78, 5) is 2.48. The molecule has 11 aromatic rings. The van der Waals surface area contributed by atoms with Crippen molar-refractivity contribution in [2.75, 3.05) is 4.90 Å². The maximum atomic E-state index is 2.48. The van der Waals surface area contributed by atoms with Crippen LogP contribution in [0.4, 0.5) is 17.1 Å². The molecule has 0 spiro atoms. The molecule has 298 valence electrons. The fraction of sp³-hybridized carbons (Fsp3) is 0.0492. The van der Waals surface area contributed by atoms with Crippen molar-refractivity contribution in [3.63, 3.8) is 0 Å². The third-order valence-electron chi connectivity index (χ3n) is 13.3. The van der Waals surface area contributed by atoms with Gasteiger partial charge in [-0.3, -0.25) is 0 Å². The highest BCUT2D eigenvalue weighted by Crippen LogP contribution is 2.53. The van der Waals surface area contributed by atoms with Gasteiger partial charge >= 0.3 is 0 Å². The maximum absolute atomic E-state index is 2.48. The first-order valence-corrected chi connectivity index (χ1v) is 21.9. The molecule has 0 fully saturated rings. The van der Waals surface area contributed by atoms with E-state index in [0.717, 1.165) is 33.8 Å². The van der Waals surface area contributed by atoms with Crippen LogP contribution in [0.5, 0.6) is 0 Å². The second kappa shape index (κ2) is 14.6. The topological polar surface area (TPSA) is 8.17 Å². The van der Waals surface area contributed by atoms with Gasteiger partial charge in [-0.15, -0.1) is 0 Å². The number of benzene rings is 10. The van der Waals surface area contributed by atoms with E-state index in [1.807, 2.05) is 0 Å². The van der Waals surface area contributed by atoms with E-state index in [4.69, 9.17) is 0 Å². The lowest BCUT2D eigenvalue weighted by Gasteiger charge is -2.29. The van der Waals surface area contributed by atoms with Gasteiger partial charge in [-0.1, -0.05) is 196 Å². The number of hydrogen-bond donors (Lipinski definition) is 0. The Bertz CT molecular complexity index is 3530. The standard InChI is InChI=1S/C61H44N2/c1-61(2)55-34-12-9-27-49(55)54-33-18-31-48(60(54)61)43-23-15-26-45(39-43)62(46-37-38-52-50-28-10-14-36-57(50)63(58(52)40-46)44-24-7-4-8-25-44)56-35-13-11-29-51(56)53-32-17-22-42-21-16-30-47(59(42)53)41-19-5-3-6-20-41/h3-40H,1-2H3. The van der Waals surface area contributed by atoms with E-state index in [1.165, 1.54) is 77.1 Å². The van der Waals surface area contributed by atoms with Crippen LogP contribution < -0.4 is 4.90 Å². The van der Waals surface area contributed by atoms with Crippen molar-refractivity contribution in [2.24, 2.45) is 0 Å². The quantitative estimate of drug-likeness (QED) is 0.156. The van der Waals surface area contributed by atoms with E-state index in [-0.39, 0.29) is 5.41 Å². The van der Waals surface area contributed by atoms with Crippen molar-refractivity contribution < 1.29 is 0 Å². The van der Waals surface area contributed by atoms with Crippen molar-refractivity contribution in [2.45, 2.75) is 19.3 Å². The molecule has 0 atom stereocenters. The van der Waals surface area contributed by atoms with Gasteiger partial charge < -0.3 is 9.47 Å². The van der Waals surface area contributed by atoms with Crippen molar-refractivity contribution in [1.29, 1.82) is 0 Å². The molecule has 1 aliphatic carbocycles. The van der Waals surface area contributed by atoms with Crippen LogP contribution in [0.25, 0.3) is 82.8 Å². The van der Waals surface area contributed by atoms with Crippen LogP contribution in [-0.4, -0.2) is 4.57 Å². The second-order valence-corrected chi connectivity index (χ2v) is 17.3. The third kappa shape index (κ3) is 5.86. The van der Waals surface area contributed by atoms with Crippen molar-refractivity contribution in [3.8, 4) is 50.2 Å². The molecule has 1 aliphatic rings. The van der Waals surface area contributed by atoms with Crippen molar-refractivity contribution in [1.82, 2.24) is 4.57 Å². The highest BCUT2D eigenvalue weighted by atomic mass is 15.1. The number of para-hydroxylation sites is 3. The average molecular weight is 805 g/mol. The molecule has 0 saturated heterocycles. The van der Waals surface area contributed by atoms with E-state index in [9.17, 15) is 0 Å². The fourth-order valence-electron chi connectivity index (χ4n) is 10.6. The van der Waals surface area contributed by atoms with Gasteiger partial charge in [0.1, 0.15) is 0 Å². The molecule has 2 nitrogen and oxygen atoms in total. The molecule has 1 heterocycles. The average Bonchev–Trinajstić information content (AvgIpc) is 3.80. The predicted molar refractivity (Wildman–Crippen MR) is 267 cm³/mol. The Hall–Kier alpha value is -7.94. The van der Waals surface area contributed by atoms with Gasteiger partial charge in [0.05, 0.1) is 16.7 Å². The number of anilines is 3. The molecule has 10 aromatic carbocycles. The minimum absolute atomic E-state index is 0.147. The zero-order valence-corrected chi connectivity index (χ0v) is 35.3. The summed E-state index contributed by atoms with van der Waals surface area (Å²) in [5, 5.41) is 4.92. The van der Waals surface area contributed by atoms with Gasteiger partial charge in [-0.25, -0.2) is 0 Å². The molecule has 0 saturated carbocycles. The molecular weight excluding hydrogens is 761 g/mol. The maximum Gasteiger partial charge on any atom is 0.0561 e. The summed E-state index contributed by atoms with van der Waals surface area (Å²) >= 11 is 0. The van der Waals surface area contributed by atoms with Gasteiger partial charge in [-0.05, 0) is 109 Å². The zero-order valence-electron chi connectivity index (χ0n) is 35.3. The summed E-state index contributed by atoms with van der Waals surface area (Å²) in [5.41, 5.74) is 19.3. The van der Waals surface area contributed by atoms with Crippen molar-refractivity contribution in [3.05, 3.63) is 242 Å². The second-order valence-electron chi connectivity index (χ2n) is 17.3. The lowest BCUT2D eigenvalue weighted by molar-refractivity contribution is 0.662. The summed E-state index contributed by atoms with van der Waals surface area (Å²) in [6.07, 6.45) is 0. The molecule has 1 aromatic heterocycles. The third-order valence-corrected chi connectivity index (χ3v) is 13.3. The van der Waals surface area contributed by atoms with Crippen LogP contribution in [0.2, 0.25) is 0 Å². The number of rotatable bonds is 7. The first-order valence-electron chi connectivity index (χ1n) is 21.9. The fourth-order valence-corrected chi connectivity index (χ4v) is 10.6. The molecule has 0 bridgehead atoms. The Balaban J connectivity index is 1.12. The molecule has 63 heavy (non-hydrogen) atoms. The van der Waals surface area contributed by atoms with E-state index in [2.05, 4.69) is 254 Å². The Kier molecular flexibility index (Phi) is 8.55.